The van der Waals surface area contributed by atoms with E-state index in [9.17, 15) is 8.42 Å². The van der Waals surface area contributed by atoms with Gasteiger partial charge in [-0.15, -0.1) is 0 Å². The summed E-state index contributed by atoms with van der Waals surface area (Å²) in [4.78, 5) is 4.53. The molecular weight excluding hydrogens is 226 g/mol. The maximum Gasteiger partial charge on any atom is 0.268 e. The number of nitrogens with one attached hydrogen (secondary N) is 1. The number of para-hydroxylation sites is 1. The van der Waals surface area contributed by atoms with Crippen LogP contribution in [0.5, 0.6) is 0 Å². The first kappa shape index (κ1) is 9.65. The van der Waals surface area contributed by atoms with Gasteiger partial charge in [0.15, 0.2) is 0 Å². The maximum atomic E-state index is 12.2. The number of hydrogen-bond donors (Lipinski definition) is 1. The largest absolute Gasteiger partial charge is 0.324 e. The Hall–Kier alpha value is -1.56. The van der Waals surface area contributed by atoms with Crippen molar-refractivity contribution in [1.29, 1.82) is 0 Å². The van der Waals surface area contributed by atoms with E-state index in [1.807, 2.05) is 0 Å². The summed E-state index contributed by atoms with van der Waals surface area (Å²) in [5, 5.41) is 3.05. The Morgan fingerprint density at radius 2 is 2.12 bits per heavy atom. The monoisotopic (exact) mass is 237 g/mol. The van der Waals surface area contributed by atoms with Gasteiger partial charge in [-0.2, -0.15) is 0 Å². The van der Waals surface area contributed by atoms with Gasteiger partial charge >= 0.3 is 0 Å². The van der Waals surface area contributed by atoms with Gasteiger partial charge in [0.1, 0.15) is 4.90 Å². The van der Waals surface area contributed by atoms with Crippen molar-refractivity contribution in [1.82, 2.24) is 4.31 Å². The third kappa shape index (κ3) is 1.23. The SMILES string of the molecule is O=S1(=O)c2ccccc2NC2=NCCCN21. The summed E-state index contributed by atoms with van der Waals surface area (Å²) in [5.41, 5.74) is 0.611. The highest BCUT2D eigenvalue weighted by atomic mass is 32.2. The van der Waals surface area contributed by atoms with Gasteiger partial charge in [0.05, 0.1) is 5.69 Å². The maximum absolute atomic E-state index is 12.2. The van der Waals surface area contributed by atoms with Crippen LogP contribution in [-0.2, 0) is 10.0 Å². The molecule has 0 unspecified atom stereocenters. The minimum absolute atomic E-state index is 0.329. The van der Waals surface area contributed by atoms with Gasteiger partial charge in [0, 0.05) is 13.1 Å². The van der Waals surface area contributed by atoms with E-state index in [4.69, 9.17) is 0 Å². The molecule has 2 heterocycles. The lowest BCUT2D eigenvalue weighted by Gasteiger charge is -2.33. The highest BCUT2D eigenvalue weighted by molar-refractivity contribution is 7.90. The van der Waals surface area contributed by atoms with Gasteiger partial charge in [-0.05, 0) is 18.6 Å². The van der Waals surface area contributed by atoms with Crippen molar-refractivity contribution in [3.8, 4) is 0 Å². The molecule has 0 saturated carbocycles. The first-order valence-electron chi connectivity index (χ1n) is 5.13. The zero-order valence-electron chi connectivity index (χ0n) is 8.55. The topological polar surface area (TPSA) is 61.8 Å². The molecule has 2 aliphatic rings. The van der Waals surface area contributed by atoms with Crippen LogP contribution in [0.25, 0.3) is 0 Å². The summed E-state index contributed by atoms with van der Waals surface area (Å²) in [6.07, 6.45) is 0.770. The molecular formula is C10H11N3O2S. The number of aliphatic imine (C=N–C) groups is 1. The van der Waals surface area contributed by atoms with E-state index in [0.717, 1.165) is 6.42 Å². The quantitative estimate of drug-likeness (QED) is 0.728. The molecule has 6 heteroatoms. The summed E-state index contributed by atoms with van der Waals surface area (Å²) in [7, 11) is -3.40. The number of benzene rings is 1. The normalized spacial score (nSPS) is 21.5. The zero-order chi connectivity index (χ0) is 11.2. The second-order valence-electron chi connectivity index (χ2n) is 3.76. The van der Waals surface area contributed by atoms with E-state index in [0.29, 0.717) is 29.6 Å². The van der Waals surface area contributed by atoms with Crippen molar-refractivity contribution in [2.24, 2.45) is 4.99 Å². The molecule has 0 amide bonds. The van der Waals surface area contributed by atoms with Crippen molar-refractivity contribution in [2.75, 3.05) is 18.4 Å². The molecule has 0 bridgehead atoms. The van der Waals surface area contributed by atoms with E-state index in [1.54, 1.807) is 24.3 Å². The van der Waals surface area contributed by atoms with E-state index in [2.05, 4.69) is 10.3 Å². The lowest BCUT2D eigenvalue weighted by Crippen LogP contribution is -2.47. The third-order valence-corrected chi connectivity index (χ3v) is 4.57. The lowest BCUT2D eigenvalue weighted by molar-refractivity contribution is 0.496. The van der Waals surface area contributed by atoms with Crippen molar-refractivity contribution in [3.05, 3.63) is 24.3 Å². The Kier molecular flexibility index (Phi) is 1.94. The number of hydrogen-bond acceptors (Lipinski definition) is 4. The molecule has 2 aliphatic heterocycles. The van der Waals surface area contributed by atoms with Gasteiger partial charge in [0.25, 0.3) is 10.0 Å². The van der Waals surface area contributed by atoms with Crippen LogP contribution in [-0.4, -0.2) is 31.8 Å². The second-order valence-corrected chi connectivity index (χ2v) is 5.59. The summed E-state index contributed by atoms with van der Waals surface area (Å²) in [5.74, 6) is 0.449. The smallest absolute Gasteiger partial charge is 0.268 e. The minimum atomic E-state index is -3.40. The van der Waals surface area contributed by atoms with Crippen LogP contribution < -0.4 is 5.32 Å². The number of sulfonamides is 1. The molecule has 0 aromatic heterocycles. The molecule has 0 spiro atoms. The number of nitrogens with zero attached hydrogens (tertiary/aromatic N) is 2. The number of guanidine groups is 1. The Labute approximate surface area is 93.8 Å². The van der Waals surface area contributed by atoms with Gasteiger partial charge in [-0.25, -0.2) is 12.7 Å². The van der Waals surface area contributed by atoms with Crippen LogP contribution in [0.4, 0.5) is 5.69 Å². The fourth-order valence-corrected chi connectivity index (χ4v) is 3.54. The van der Waals surface area contributed by atoms with Gasteiger partial charge < -0.3 is 5.32 Å². The van der Waals surface area contributed by atoms with Crippen LogP contribution in [0.1, 0.15) is 6.42 Å². The first-order valence-corrected chi connectivity index (χ1v) is 6.57. The molecule has 1 aromatic carbocycles. The number of rotatable bonds is 0. The number of anilines is 1. The molecule has 0 fully saturated rings. The van der Waals surface area contributed by atoms with Crippen LogP contribution in [0.3, 0.4) is 0 Å². The lowest BCUT2D eigenvalue weighted by atomic mass is 10.3. The Morgan fingerprint density at radius 1 is 1.31 bits per heavy atom. The summed E-state index contributed by atoms with van der Waals surface area (Å²) < 4.78 is 25.8. The predicted octanol–water partition coefficient (Wildman–Crippen LogP) is 0.863. The molecule has 84 valence electrons. The average molecular weight is 237 g/mol. The van der Waals surface area contributed by atoms with Crippen molar-refractivity contribution >= 4 is 21.7 Å². The molecule has 0 atom stereocenters. The minimum Gasteiger partial charge on any atom is -0.324 e. The highest BCUT2D eigenvalue weighted by Crippen LogP contribution is 2.30. The predicted molar refractivity (Wildman–Crippen MR) is 60.9 cm³/mol. The van der Waals surface area contributed by atoms with Gasteiger partial charge in [-0.3, -0.25) is 4.99 Å². The molecule has 1 N–H and O–H groups in total. The number of fused-ring (bicyclic) bond motifs is 2. The van der Waals surface area contributed by atoms with Crippen LogP contribution in [0, 0.1) is 0 Å². The molecule has 3 rings (SSSR count). The Bertz CT molecular complexity index is 565. The van der Waals surface area contributed by atoms with E-state index in [1.165, 1.54) is 4.31 Å². The van der Waals surface area contributed by atoms with E-state index >= 15 is 0 Å². The molecule has 0 saturated heterocycles. The van der Waals surface area contributed by atoms with Gasteiger partial charge in [0.2, 0.25) is 5.96 Å². The van der Waals surface area contributed by atoms with E-state index < -0.39 is 10.0 Å². The van der Waals surface area contributed by atoms with Crippen LogP contribution in [0.2, 0.25) is 0 Å². The van der Waals surface area contributed by atoms with Crippen molar-refractivity contribution in [3.63, 3.8) is 0 Å². The van der Waals surface area contributed by atoms with Crippen LogP contribution in [0.15, 0.2) is 34.2 Å². The summed E-state index contributed by atoms with van der Waals surface area (Å²) in [6.45, 7) is 1.18. The molecule has 1 aromatic rings. The molecule has 0 radical (unpaired) electrons. The zero-order valence-corrected chi connectivity index (χ0v) is 9.37. The second kappa shape index (κ2) is 3.21. The molecule has 0 aliphatic carbocycles. The summed E-state index contributed by atoms with van der Waals surface area (Å²) >= 11 is 0. The fourth-order valence-electron chi connectivity index (χ4n) is 1.95. The highest BCUT2D eigenvalue weighted by Gasteiger charge is 2.35. The molecule has 5 nitrogen and oxygen atoms in total. The first-order chi connectivity index (χ1) is 7.69. The summed E-state index contributed by atoms with van der Waals surface area (Å²) in [6, 6.07) is 6.90. The Morgan fingerprint density at radius 3 is 3.00 bits per heavy atom. The molecule has 16 heavy (non-hydrogen) atoms. The van der Waals surface area contributed by atoms with E-state index in [-0.39, 0.29) is 0 Å². The third-order valence-electron chi connectivity index (χ3n) is 2.72. The van der Waals surface area contributed by atoms with Gasteiger partial charge in [-0.1, -0.05) is 12.1 Å². The van der Waals surface area contributed by atoms with Crippen molar-refractivity contribution in [2.45, 2.75) is 11.3 Å². The average Bonchev–Trinajstić information content (AvgIpc) is 2.29. The standard InChI is InChI=1S/C10H11N3O2S/c14-16(15)9-5-2-1-4-8(9)12-10-11-6-3-7-13(10)16/h1-2,4-5H,3,6-7H2,(H,11,12). The van der Waals surface area contributed by atoms with Crippen molar-refractivity contribution < 1.29 is 8.42 Å². The fraction of sp³-hybridized carbons (Fsp3) is 0.300. The Balaban J connectivity index is 2.24. The van der Waals surface area contributed by atoms with Crippen LogP contribution >= 0.6 is 0 Å².